The number of aromatic nitrogens is 4. The molecule has 0 aliphatic rings. The molecule has 1 heterocycles. The Morgan fingerprint density at radius 3 is 2.79 bits per heavy atom. The second-order valence-electron chi connectivity index (χ2n) is 3.97. The minimum Gasteiger partial charge on any atom is -0.462 e. The van der Waals surface area contributed by atoms with Crippen LogP contribution < -0.4 is 4.74 Å². The molecule has 0 bridgehead atoms. The van der Waals surface area contributed by atoms with Gasteiger partial charge in [-0.15, -0.1) is 6.58 Å². The van der Waals surface area contributed by atoms with Crippen LogP contribution in [0.2, 0.25) is 0 Å². The molecule has 0 amide bonds. The molecule has 0 aromatic carbocycles. The normalized spacial score (nSPS) is 11.4. The Morgan fingerprint density at radius 1 is 1.50 bits per heavy atom. The van der Waals surface area contributed by atoms with Crippen LogP contribution in [0.5, 0.6) is 6.01 Å². The van der Waals surface area contributed by atoms with Crippen molar-refractivity contribution in [3.8, 4) is 6.01 Å². The zero-order valence-electron chi connectivity index (χ0n) is 8.90. The van der Waals surface area contributed by atoms with E-state index in [9.17, 15) is 0 Å². The average molecular weight is 196 g/mol. The molecular weight excluding hydrogens is 180 g/mol. The summed E-state index contributed by atoms with van der Waals surface area (Å²) in [5.74, 6) is 0. The lowest BCUT2D eigenvalue weighted by molar-refractivity contribution is 0.237. The molecule has 1 aromatic heterocycles. The molecule has 0 aliphatic heterocycles. The van der Waals surface area contributed by atoms with E-state index in [0.29, 0.717) is 12.6 Å². The van der Waals surface area contributed by atoms with E-state index in [-0.39, 0.29) is 5.54 Å². The molecule has 0 unspecified atom stereocenters. The fourth-order valence-electron chi connectivity index (χ4n) is 0.924. The molecule has 78 valence electrons. The number of nitrogens with zero attached hydrogens (tertiary/aromatic N) is 4. The molecule has 1 aromatic rings. The molecule has 0 atom stereocenters. The standard InChI is InChI=1S/C9H16N4O/c1-5-6-7-14-8-10-11-12-13(8)9(2,3)4/h5H,1,6-7H2,2-4H3. The predicted molar refractivity (Wildman–Crippen MR) is 53.1 cm³/mol. The SMILES string of the molecule is C=CCCOc1nnnn1C(C)(C)C. The Bertz CT molecular complexity index is 300. The van der Waals surface area contributed by atoms with Crippen LogP contribution in [0.15, 0.2) is 12.7 Å². The van der Waals surface area contributed by atoms with Crippen molar-refractivity contribution in [2.75, 3.05) is 6.61 Å². The van der Waals surface area contributed by atoms with E-state index < -0.39 is 0 Å². The van der Waals surface area contributed by atoms with Crippen LogP contribution in [0.1, 0.15) is 27.2 Å². The summed E-state index contributed by atoms with van der Waals surface area (Å²) in [5.41, 5.74) is -0.160. The number of hydrogen-bond donors (Lipinski definition) is 0. The summed E-state index contributed by atoms with van der Waals surface area (Å²) in [6.07, 6.45) is 2.59. The second-order valence-corrected chi connectivity index (χ2v) is 3.97. The lowest BCUT2D eigenvalue weighted by Crippen LogP contribution is -2.24. The fraction of sp³-hybridized carbons (Fsp3) is 0.667. The first kappa shape index (κ1) is 10.7. The minimum absolute atomic E-state index is 0.160. The summed E-state index contributed by atoms with van der Waals surface area (Å²) in [6, 6.07) is 0.458. The molecule has 5 heteroatoms. The highest BCUT2D eigenvalue weighted by Crippen LogP contribution is 2.17. The second kappa shape index (κ2) is 4.21. The molecule has 0 radical (unpaired) electrons. The van der Waals surface area contributed by atoms with Gasteiger partial charge in [0.2, 0.25) is 0 Å². The smallest absolute Gasteiger partial charge is 0.335 e. The van der Waals surface area contributed by atoms with Crippen molar-refractivity contribution in [1.29, 1.82) is 0 Å². The number of rotatable bonds is 4. The number of hydrogen-bond acceptors (Lipinski definition) is 4. The average Bonchev–Trinajstić information content (AvgIpc) is 2.52. The van der Waals surface area contributed by atoms with Crippen molar-refractivity contribution >= 4 is 0 Å². The first-order chi connectivity index (χ1) is 6.55. The molecule has 0 saturated heterocycles. The Balaban J connectivity index is 2.68. The van der Waals surface area contributed by atoms with Crippen molar-refractivity contribution in [1.82, 2.24) is 20.2 Å². The minimum atomic E-state index is -0.160. The Labute approximate surface area is 83.8 Å². The number of tetrazole rings is 1. The maximum Gasteiger partial charge on any atom is 0.335 e. The zero-order valence-corrected chi connectivity index (χ0v) is 8.90. The van der Waals surface area contributed by atoms with Crippen LogP contribution in [-0.4, -0.2) is 26.8 Å². The summed E-state index contributed by atoms with van der Waals surface area (Å²) in [4.78, 5) is 0. The van der Waals surface area contributed by atoms with Crippen molar-refractivity contribution in [3.05, 3.63) is 12.7 Å². The molecule has 1 rings (SSSR count). The van der Waals surface area contributed by atoms with Crippen LogP contribution >= 0.6 is 0 Å². The van der Waals surface area contributed by atoms with Gasteiger partial charge in [0.25, 0.3) is 0 Å². The molecule has 0 N–H and O–H groups in total. The number of ether oxygens (including phenoxy) is 1. The molecule has 0 aliphatic carbocycles. The van der Waals surface area contributed by atoms with Crippen molar-refractivity contribution in [3.63, 3.8) is 0 Å². The highest BCUT2D eigenvalue weighted by Gasteiger charge is 2.20. The van der Waals surface area contributed by atoms with E-state index in [1.165, 1.54) is 0 Å². The van der Waals surface area contributed by atoms with Gasteiger partial charge >= 0.3 is 6.01 Å². The van der Waals surface area contributed by atoms with Gasteiger partial charge in [0, 0.05) is 0 Å². The maximum absolute atomic E-state index is 5.40. The largest absolute Gasteiger partial charge is 0.462 e. The molecule has 14 heavy (non-hydrogen) atoms. The van der Waals surface area contributed by atoms with Gasteiger partial charge in [-0.1, -0.05) is 11.2 Å². The monoisotopic (exact) mass is 196 g/mol. The van der Waals surface area contributed by atoms with Crippen molar-refractivity contribution in [2.45, 2.75) is 32.7 Å². The fourth-order valence-corrected chi connectivity index (χ4v) is 0.924. The van der Waals surface area contributed by atoms with Crippen molar-refractivity contribution < 1.29 is 4.74 Å². The lowest BCUT2D eigenvalue weighted by atomic mass is 10.1. The van der Waals surface area contributed by atoms with E-state index in [2.05, 4.69) is 22.1 Å². The molecule has 0 saturated carbocycles. The summed E-state index contributed by atoms with van der Waals surface area (Å²) >= 11 is 0. The van der Waals surface area contributed by atoms with Gasteiger partial charge in [0.15, 0.2) is 0 Å². The first-order valence-electron chi connectivity index (χ1n) is 4.58. The van der Waals surface area contributed by atoms with Gasteiger partial charge in [-0.25, -0.2) is 0 Å². The van der Waals surface area contributed by atoms with Crippen LogP contribution in [0.3, 0.4) is 0 Å². The Hall–Kier alpha value is -1.39. The van der Waals surface area contributed by atoms with E-state index in [0.717, 1.165) is 6.42 Å². The highest BCUT2D eigenvalue weighted by atomic mass is 16.5. The maximum atomic E-state index is 5.40. The van der Waals surface area contributed by atoms with Gasteiger partial charge in [-0.05, 0) is 37.6 Å². The van der Waals surface area contributed by atoms with Gasteiger partial charge in [-0.3, -0.25) is 0 Å². The summed E-state index contributed by atoms with van der Waals surface area (Å²) < 4.78 is 7.06. The molecule has 0 fully saturated rings. The van der Waals surface area contributed by atoms with Gasteiger partial charge < -0.3 is 4.74 Å². The van der Waals surface area contributed by atoms with E-state index in [4.69, 9.17) is 4.74 Å². The Morgan fingerprint density at radius 2 is 2.21 bits per heavy atom. The van der Waals surface area contributed by atoms with Crippen LogP contribution in [0, 0.1) is 0 Å². The predicted octanol–water partition coefficient (Wildman–Crippen LogP) is 1.38. The summed E-state index contributed by atoms with van der Waals surface area (Å²) in [7, 11) is 0. The highest BCUT2D eigenvalue weighted by molar-refractivity contribution is 4.92. The first-order valence-corrected chi connectivity index (χ1v) is 4.58. The van der Waals surface area contributed by atoms with Crippen LogP contribution in [0.25, 0.3) is 0 Å². The van der Waals surface area contributed by atoms with Gasteiger partial charge in [-0.2, -0.15) is 4.68 Å². The van der Waals surface area contributed by atoms with E-state index in [1.54, 1.807) is 10.8 Å². The molecular formula is C9H16N4O. The Kier molecular flexibility index (Phi) is 3.22. The summed E-state index contributed by atoms with van der Waals surface area (Å²) in [6.45, 7) is 10.2. The van der Waals surface area contributed by atoms with Crippen LogP contribution in [-0.2, 0) is 5.54 Å². The zero-order chi connectivity index (χ0) is 10.6. The molecule has 5 nitrogen and oxygen atoms in total. The van der Waals surface area contributed by atoms with Crippen LogP contribution in [0.4, 0.5) is 0 Å². The van der Waals surface area contributed by atoms with E-state index in [1.807, 2.05) is 20.8 Å². The topological polar surface area (TPSA) is 52.8 Å². The van der Waals surface area contributed by atoms with Crippen molar-refractivity contribution in [2.24, 2.45) is 0 Å². The molecule has 0 spiro atoms. The third kappa shape index (κ3) is 2.55. The lowest BCUT2D eigenvalue weighted by Gasteiger charge is -2.19. The third-order valence-corrected chi connectivity index (χ3v) is 1.63. The quantitative estimate of drug-likeness (QED) is 0.539. The third-order valence-electron chi connectivity index (χ3n) is 1.63. The van der Waals surface area contributed by atoms with Gasteiger partial charge in [0.1, 0.15) is 0 Å². The van der Waals surface area contributed by atoms with E-state index >= 15 is 0 Å². The van der Waals surface area contributed by atoms with Gasteiger partial charge in [0.05, 0.1) is 12.1 Å². The summed E-state index contributed by atoms with van der Waals surface area (Å²) in [5, 5.41) is 11.3.